The van der Waals surface area contributed by atoms with Gasteiger partial charge in [0.25, 0.3) is 0 Å². The van der Waals surface area contributed by atoms with E-state index < -0.39 is 21.3 Å². The van der Waals surface area contributed by atoms with Crippen LogP contribution in [0.25, 0.3) is 0 Å². The van der Waals surface area contributed by atoms with Gasteiger partial charge in [-0.25, -0.2) is 17.9 Å². The minimum absolute atomic E-state index is 0.124. The summed E-state index contributed by atoms with van der Waals surface area (Å²) < 4.78 is 27.7. The molecule has 0 spiro atoms. The van der Waals surface area contributed by atoms with Gasteiger partial charge in [0.05, 0.1) is 5.25 Å². The fourth-order valence-corrected chi connectivity index (χ4v) is 5.30. The lowest BCUT2D eigenvalue weighted by molar-refractivity contribution is 0.186. The van der Waals surface area contributed by atoms with Crippen molar-refractivity contribution in [3.63, 3.8) is 0 Å². The van der Waals surface area contributed by atoms with Crippen molar-refractivity contribution in [2.24, 2.45) is 0 Å². The molecule has 1 aromatic rings. The second-order valence-electron chi connectivity index (χ2n) is 8.70. The number of nitrogens with one attached hydrogen (secondary N) is 2. The number of hydrogen-bond donors (Lipinski definition) is 2. The summed E-state index contributed by atoms with van der Waals surface area (Å²) in [6, 6.07) is 3.32. The molecule has 6 nitrogen and oxygen atoms in total. The highest BCUT2D eigenvalue weighted by molar-refractivity contribution is 7.90. The van der Waals surface area contributed by atoms with Crippen LogP contribution < -0.4 is 10.0 Å². The average Bonchev–Trinajstić information content (AvgIpc) is 2.62. The standard InChI is InChI=1S/C21H34ClN3O3S/c1-13(2)18-11-16(22)12-19(14(3)4)20(18)23-21(26)24-29(27,28)17-7-9-25(10-8-17)15(5)6/h11-15,17H,7-10H2,1-6H3,(H2,23,24,26). The molecule has 0 unspecified atom stereocenters. The Kier molecular flexibility index (Phi) is 7.99. The van der Waals surface area contributed by atoms with Crippen LogP contribution in [0.3, 0.4) is 0 Å². The summed E-state index contributed by atoms with van der Waals surface area (Å²) in [6.07, 6.45) is 1.05. The Bertz CT molecular complexity index is 801. The third-order valence-electron chi connectivity index (χ3n) is 5.53. The Balaban J connectivity index is 2.17. The van der Waals surface area contributed by atoms with Crippen molar-refractivity contribution in [2.75, 3.05) is 18.4 Å². The van der Waals surface area contributed by atoms with Crippen LogP contribution >= 0.6 is 11.6 Å². The predicted octanol–water partition coefficient (Wildman–Crippen LogP) is 4.91. The van der Waals surface area contributed by atoms with Gasteiger partial charge in [-0.15, -0.1) is 0 Å². The minimum Gasteiger partial charge on any atom is -0.307 e. The Morgan fingerprint density at radius 3 is 1.93 bits per heavy atom. The lowest BCUT2D eigenvalue weighted by Crippen LogP contribution is -2.47. The maximum absolute atomic E-state index is 12.7. The molecule has 0 aromatic heterocycles. The van der Waals surface area contributed by atoms with Gasteiger partial charge in [0.1, 0.15) is 0 Å². The number of urea groups is 1. The van der Waals surface area contributed by atoms with Gasteiger partial charge < -0.3 is 10.2 Å². The van der Waals surface area contributed by atoms with Gasteiger partial charge in [-0.1, -0.05) is 39.3 Å². The van der Waals surface area contributed by atoms with Gasteiger partial charge in [-0.2, -0.15) is 0 Å². The van der Waals surface area contributed by atoms with E-state index in [1.807, 2.05) is 39.8 Å². The summed E-state index contributed by atoms with van der Waals surface area (Å²) in [4.78, 5) is 14.9. The first kappa shape index (κ1) is 24.0. The zero-order valence-electron chi connectivity index (χ0n) is 18.3. The molecule has 0 aliphatic carbocycles. The zero-order valence-corrected chi connectivity index (χ0v) is 19.8. The number of rotatable bonds is 6. The highest BCUT2D eigenvalue weighted by Gasteiger charge is 2.32. The van der Waals surface area contributed by atoms with E-state index in [1.54, 1.807) is 0 Å². The van der Waals surface area contributed by atoms with Gasteiger partial charge in [-0.3, -0.25) is 0 Å². The molecule has 0 bridgehead atoms. The number of nitrogens with zero attached hydrogens (tertiary/aromatic N) is 1. The second-order valence-corrected chi connectivity index (χ2v) is 11.1. The Hall–Kier alpha value is -1.31. The zero-order chi connectivity index (χ0) is 21.9. The largest absolute Gasteiger partial charge is 0.332 e. The van der Waals surface area contributed by atoms with Crippen LogP contribution in [0.5, 0.6) is 0 Å². The molecule has 8 heteroatoms. The van der Waals surface area contributed by atoms with E-state index >= 15 is 0 Å². The molecular weight excluding hydrogens is 410 g/mol. The van der Waals surface area contributed by atoms with E-state index in [-0.39, 0.29) is 11.8 Å². The number of likely N-dealkylation sites (tertiary alicyclic amines) is 1. The van der Waals surface area contributed by atoms with Gasteiger partial charge in [0, 0.05) is 16.8 Å². The SMILES string of the molecule is CC(C)c1cc(Cl)cc(C(C)C)c1NC(=O)NS(=O)(=O)C1CCN(C(C)C)CC1. The van der Waals surface area contributed by atoms with Crippen LogP contribution in [-0.4, -0.2) is 43.7 Å². The Labute approximate surface area is 180 Å². The Morgan fingerprint density at radius 2 is 1.52 bits per heavy atom. The molecule has 1 saturated heterocycles. The maximum Gasteiger partial charge on any atom is 0.332 e. The number of anilines is 1. The summed E-state index contributed by atoms with van der Waals surface area (Å²) in [5.41, 5.74) is 2.42. The molecule has 1 fully saturated rings. The van der Waals surface area contributed by atoms with Crippen LogP contribution in [0.1, 0.15) is 77.3 Å². The molecule has 164 valence electrons. The first-order chi connectivity index (χ1) is 13.4. The van der Waals surface area contributed by atoms with Gasteiger partial charge in [0.15, 0.2) is 0 Å². The second kappa shape index (κ2) is 9.67. The first-order valence-corrected chi connectivity index (χ1v) is 12.2. The fourth-order valence-electron chi connectivity index (χ4n) is 3.76. The van der Waals surface area contributed by atoms with E-state index in [9.17, 15) is 13.2 Å². The van der Waals surface area contributed by atoms with Gasteiger partial charge >= 0.3 is 6.03 Å². The molecule has 29 heavy (non-hydrogen) atoms. The number of carbonyl (C=O) groups is 1. The quantitative estimate of drug-likeness (QED) is 0.654. The van der Waals surface area contributed by atoms with Crippen molar-refractivity contribution in [1.29, 1.82) is 0 Å². The van der Waals surface area contributed by atoms with Crippen molar-refractivity contribution in [3.05, 3.63) is 28.3 Å². The number of halogens is 1. The van der Waals surface area contributed by atoms with Crippen LogP contribution in [0, 0.1) is 0 Å². The highest BCUT2D eigenvalue weighted by atomic mass is 35.5. The van der Waals surface area contributed by atoms with Crippen molar-refractivity contribution < 1.29 is 13.2 Å². The number of piperidine rings is 1. The molecule has 2 rings (SSSR count). The van der Waals surface area contributed by atoms with Gasteiger partial charge in [-0.05, 0) is 74.9 Å². The number of carbonyl (C=O) groups excluding carboxylic acids is 1. The molecule has 0 saturated carbocycles. The normalized spacial score (nSPS) is 16.6. The molecule has 0 radical (unpaired) electrons. The van der Waals surface area contributed by atoms with Crippen molar-refractivity contribution >= 4 is 33.3 Å². The predicted molar refractivity (Wildman–Crippen MR) is 120 cm³/mol. The lowest BCUT2D eigenvalue weighted by Gasteiger charge is -2.34. The summed E-state index contributed by atoms with van der Waals surface area (Å²) in [6.45, 7) is 13.7. The van der Waals surface area contributed by atoms with Crippen LogP contribution in [-0.2, 0) is 10.0 Å². The first-order valence-electron chi connectivity index (χ1n) is 10.3. The number of sulfonamides is 1. The van der Waals surface area contributed by atoms with E-state index in [0.29, 0.717) is 29.6 Å². The average molecular weight is 444 g/mol. The lowest BCUT2D eigenvalue weighted by atomic mass is 9.92. The third-order valence-corrected chi connectivity index (χ3v) is 7.56. The third kappa shape index (κ3) is 6.09. The van der Waals surface area contributed by atoms with Crippen LogP contribution in [0.4, 0.5) is 10.5 Å². The monoisotopic (exact) mass is 443 g/mol. The Morgan fingerprint density at radius 1 is 1.03 bits per heavy atom. The molecular formula is C21H34ClN3O3S. The highest BCUT2D eigenvalue weighted by Crippen LogP contribution is 2.35. The van der Waals surface area contributed by atoms with Crippen molar-refractivity contribution in [3.8, 4) is 0 Å². The molecule has 1 aromatic carbocycles. The van der Waals surface area contributed by atoms with E-state index in [0.717, 1.165) is 24.2 Å². The molecule has 2 amide bonds. The van der Waals surface area contributed by atoms with Crippen molar-refractivity contribution in [1.82, 2.24) is 9.62 Å². The van der Waals surface area contributed by atoms with Crippen LogP contribution in [0.2, 0.25) is 5.02 Å². The fraction of sp³-hybridized carbons (Fsp3) is 0.667. The molecule has 2 N–H and O–H groups in total. The molecule has 1 aliphatic rings. The smallest absolute Gasteiger partial charge is 0.307 e. The summed E-state index contributed by atoms with van der Waals surface area (Å²) in [7, 11) is -3.74. The number of hydrogen-bond acceptors (Lipinski definition) is 4. The topological polar surface area (TPSA) is 78.5 Å². The van der Waals surface area contributed by atoms with Crippen LogP contribution in [0.15, 0.2) is 12.1 Å². The van der Waals surface area contributed by atoms with Crippen molar-refractivity contribution in [2.45, 2.75) is 77.5 Å². The van der Waals surface area contributed by atoms with E-state index in [4.69, 9.17) is 11.6 Å². The summed E-state index contributed by atoms with van der Waals surface area (Å²) >= 11 is 6.26. The molecule has 1 heterocycles. The summed E-state index contributed by atoms with van der Waals surface area (Å²) in [5, 5.41) is 2.84. The molecule has 0 atom stereocenters. The number of benzene rings is 1. The van der Waals surface area contributed by atoms with E-state index in [1.165, 1.54) is 0 Å². The summed E-state index contributed by atoms with van der Waals surface area (Å²) in [5.74, 6) is 0.247. The number of amides is 2. The minimum atomic E-state index is -3.74. The van der Waals surface area contributed by atoms with Gasteiger partial charge in [0.2, 0.25) is 10.0 Å². The maximum atomic E-state index is 12.7. The molecule has 1 aliphatic heterocycles. The van der Waals surface area contributed by atoms with E-state index in [2.05, 4.69) is 28.8 Å².